The number of rotatable bonds is 10. The molecule has 0 atom stereocenters. The molecule has 0 saturated heterocycles. The van der Waals surface area contributed by atoms with Gasteiger partial charge in [0.15, 0.2) is 0 Å². The van der Waals surface area contributed by atoms with Gasteiger partial charge < -0.3 is 4.74 Å². The smallest absolute Gasteiger partial charge is 0.270 e. The highest BCUT2D eigenvalue weighted by molar-refractivity contribution is 7.92. The summed E-state index contributed by atoms with van der Waals surface area (Å²) in [6.45, 7) is 5.18. The average molecular weight is 511 g/mol. The van der Waals surface area contributed by atoms with Gasteiger partial charge in [-0.15, -0.1) is 0 Å². The summed E-state index contributed by atoms with van der Waals surface area (Å²) in [7, 11) is -4.11. The van der Waals surface area contributed by atoms with Crippen LogP contribution in [0.5, 0.6) is 5.75 Å². The fourth-order valence-corrected chi connectivity index (χ4v) is 4.67. The highest BCUT2D eigenvalue weighted by atomic mass is 32.2. The quantitative estimate of drug-likeness (QED) is 0.249. The van der Waals surface area contributed by atoms with Gasteiger partial charge in [-0.3, -0.25) is 19.2 Å². The van der Waals surface area contributed by atoms with Gasteiger partial charge in [0, 0.05) is 17.7 Å². The Labute approximate surface area is 209 Å². The lowest BCUT2D eigenvalue weighted by Crippen LogP contribution is -2.39. The molecule has 3 rings (SSSR count). The second-order valence-electron chi connectivity index (χ2n) is 7.79. The number of anilines is 1. The minimum absolute atomic E-state index is 0.00407. The van der Waals surface area contributed by atoms with Gasteiger partial charge in [0.25, 0.3) is 21.6 Å². The van der Waals surface area contributed by atoms with E-state index in [1.54, 1.807) is 49.4 Å². The number of nitro groups is 1. The predicted octanol–water partition coefficient (Wildman–Crippen LogP) is 4.04. The van der Waals surface area contributed by atoms with E-state index in [9.17, 15) is 23.3 Å². The van der Waals surface area contributed by atoms with Crippen molar-refractivity contribution < 1.29 is 22.9 Å². The van der Waals surface area contributed by atoms with Crippen molar-refractivity contribution in [3.05, 3.63) is 94.0 Å². The summed E-state index contributed by atoms with van der Waals surface area (Å²) in [5.74, 6) is -0.156. The molecule has 11 heteroatoms. The molecule has 0 radical (unpaired) electrons. The Morgan fingerprint density at radius 1 is 1.08 bits per heavy atom. The van der Waals surface area contributed by atoms with E-state index >= 15 is 0 Å². The molecule has 3 aromatic rings. The molecular weight excluding hydrogens is 484 g/mol. The van der Waals surface area contributed by atoms with Crippen molar-refractivity contribution in [1.82, 2.24) is 5.43 Å². The highest BCUT2D eigenvalue weighted by Crippen LogP contribution is 2.25. The topological polar surface area (TPSA) is 131 Å². The van der Waals surface area contributed by atoms with E-state index in [0.29, 0.717) is 29.3 Å². The Morgan fingerprint density at radius 2 is 1.75 bits per heavy atom. The summed E-state index contributed by atoms with van der Waals surface area (Å²) < 4.78 is 33.4. The van der Waals surface area contributed by atoms with Gasteiger partial charge in [-0.1, -0.05) is 29.8 Å². The van der Waals surface area contributed by atoms with Crippen LogP contribution < -0.4 is 14.5 Å². The maximum Gasteiger partial charge on any atom is 0.270 e. The molecule has 0 aliphatic heterocycles. The first kappa shape index (κ1) is 26.4. The number of benzene rings is 3. The third kappa shape index (κ3) is 6.45. The van der Waals surface area contributed by atoms with Crippen LogP contribution in [-0.2, 0) is 14.8 Å². The minimum Gasteiger partial charge on any atom is -0.494 e. The van der Waals surface area contributed by atoms with Crippen molar-refractivity contribution in [2.24, 2.45) is 5.10 Å². The van der Waals surface area contributed by atoms with E-state index in [-0.39, 0.29) is 10.6 Å². The number of nitro benzene ring substituents is 1. The second-order valence-corrected chi connectivity index (χ2v) is 9.65. The van der Waals surface area contributed by atoms with Gasteiger partial charge >= 0.3 is 0 Å². The zero-order chi connectivity index (χ0) is 26.3. The number of hydrazone groups is 1. The maximum absolute atomic E-state index is 13.5. The van der Waals surface area contributed by atoms with Crippen LogP contribution in [0.1, 0.15) is 25.0 Å². The monoisotopic (exact) mass is 510 g/mol. The van der Waals surface area contributed by atoms with Gasteiger partial charge in [0.05, 0.1) is 27.8 Å². The van der Waals surface area contributed by atoms with Crippen molar-refractivity contribution in [1.29, 1.82) is 0 Å². The summed E-state index contributed by atoms with van der Waals surface area (Å²) >= 11 is 0. The largest absolute Gasteiger partial charge is 0.494 e. The number of carbonyl (C=O) groups is 1. The fraction of sp³-hybridized carbons (Fsp3) is 0.200. The lowest BCUT2D eigenvalue weighted by Gasteiger charge is -2.24. The number of amides is 1. The molecular formula is C25H26N4O6S. The van der Waals surface area contributed by atoms with Crippen LogP contribution >= 0.6 is 0 Å². The van der Waals surface area contributed by atoms with Crippen molar-refractivity contribution in [3.8, 4) is 5.75 Å². The lowest BCUT2D eigenvalue weighted by molar-refractivity contribution is -0.384. The Hall–Kier alpha value is -4.25. The van der Waals surface area contributed by atoms with Crippen LogP contribution in [0.25, 0.3) is 0 Å². The molecule has 0 saturated carbocycles. The van der Waals surface area contributed by atoms with Crippen molar-refractivity contribution in [2.45, 2.75) is 25.7 Å². The van der Waals surface area contributed by atoms with Crippen LogP contribution in [0, 0.1) is 17.0 Å². The molecule has 0 aromatic heterocycles. The second kappa shape index (κ2) is 11.5. The zero-order valence-corrected chi connectivity index (χ0v) is 20.9. The van der Waals surface area contributed by atoms with Gasteiger partial charge in [-0.25, -0.2) is 13.8 Å². The summed E-state index contributed by atoms with van der Waals surface area (Å²) in [5, 5.41) is 15.0. The number of sulfonamides is 1. The Balaban J connectivity index is 1.86. The third-order valence-electron chi connectivity index (χ3n) is 5.15. The molecule has 10 nitrogen and oxygen atoms in total. The van der Waals surface area contributed by atoms with Gasteiger partial charge in [0.1, 0.15) is 12.3 Å². The van der Waals surface area contributed by atoms with Gasteiger partial charge in [-0.05, 0) is 57.2 Å². The number of aryl methyl sites for hydroxylation is 1. The summed E-state index contributed by atoms with van der Waals surface area (Å²) in [5.41, 5.74) is 4.24. The lowest BCUT2D eigenvalue weighted by atomic mass is 10.1. The van der Waals surface area contributed by atoms with Crippen LogP contribution in [0.15, 0.2) is 82.8 Å². The third-order valence-corrected chi connectivity index (χ3v) is 6.94. The molecule has 188 valence electrons. The zero-order valence-electron chi connectivity index (χ0n) is 20.0. The number of carbonyl (C=O) groups excluding carboxylic acids is 1. The maximum atomic E-state index is 13.5. The highest BCUT2D eigenvalue weighted by Gasteiger charge is 2.27. The summed E-state index contributed by atoms with van der Waals surface area (Å²) in [6, 6.07) is 18.5. The molecule has 3 aromatic carbocycles. The predicted molar refractivity (Wildman–Crippen MR) is 137 cm³/mol. The fourth-order valence-electron chi connectivity index (χ4n) is 3.25. The number of hydrogen-bond donors (Lipinski definition) is 1. The summed E-state index contributed by atoms with van der Waals surface area (Å²) in [4.78, 5) is 23.2. The number of nitrogens with zero attached hydrogens (tertiary/aromatic N) is 3. The van der Waals surface area contributed by atoms with E-state index in [2.05, 4.69) is 10.5 Å². The molecule has 0 unspecified atom stereocenters. The van der Waals surface area contributed by atoms with Crippen LogP contribution in [0.4, 0.5) is 11.4 Å². The average Bonchev–Trinajstić information content (AvgIpc) is 2.87. The molecule has 0 aliphatic carbocycles. The minimum atomic E-state index is -4.11. The SMILES string of the molecule is CCOc1ccc(S(=O)(=O)N(CC(=O)N/N=C(/C)c2cccc([N+](=O)[O-])c2)c2ccc(C)cc2)cc1. The van der Waals surface area contributed by atoms with E-state index in [1.165, 1.54) is 30.3 Å². The van der Waals surface area contributed by atoms with E-state index in [1.807, 2.05) is 13.8 Å². The molecule has 0 aliphatic rings. The van der Waals surface area contributed by atoms with Crippen LogP contribution in [0.3, 0.4) is 0 Å². The Kier molecular flexibility index (Phi) is 8.38. The Bertz CT molecular complexity index is 1370. The molecule has 1 amide bonds. The van der Waals surface area contributed by atoms with E-state index < -0.39 is 27.4 Å². The molecule has 0 fully saturated rings. The van der Waals surface area contributed by atoms with E-state index in [4.69, 9.17) is 4.74 Å². The number of ether oxygens (including phenoxy) is 1. The molecule has 36 heavy (non-hydrogen) atoms. The number of non-ortho nitro benzene ring substituents is 1. The standard InChI is InChI=1S/C25H26N4O6S/c1-4-35-23-12-14-24(15-13-23)36(33,34)28(21-10-8-18(2)9-11-21)17-25(30)27-26-19(3)20-6-5-7-22(16-20)29(31)32/h5-16H,4,17H2,1-3H3,(H,27,30)/b26-19-. The molecule has 0 spiro atoms. The number of hydrogen-bond acceptors (Lipinski definition) is 7. The van der Waals surface area contributed by atoms with Crippen LogP contribution in [-0.4, -0.2) is 38.1 Å². The Morgan fingerprint density at radius 3 is 2.36 bits per heavy atom. The van der Waals surface area contributed by atoms with E-state index in [0.717, 1.165) is 9.87 Å². The van der Waals surface area contributed by atoms with Crippen LogP contribution in [0.2, 0.25) is 0 Å². The summed E-state index contributed by atoms with van der Waals surface area (Å²) in [6.07, 6.45) is 0. The van der Waals surface area contributed by atoms with Gasteiger partial charge in [-0.2, -0.15) is 5.10 Å². The molecule has 0 heterocycles. The normalized spacial score (nSPS) is 11.6. The first-order valence-electron chi connectivity index (χ1n) is 11.0. The molecule has 1 N–H and O–H groups in total. The van der Waals surface area contributed by atoms with Crippen molar-refractivity contribution >= 4 is 33.0 Å². The van der Waals surface area contributed by atoms with Crippen molar-refractivity contribution in [3.63, 3.8) is 0 Å². The number of nitrogens with one attached hydrogen (secondary N) is 1. The van der Waals surface area contributed by atoms with Gasteiger partial charge in [0.2, 0.25) is 0 Å². The van der Waals surface area contributed by atoms with Crippen molar-refractivity contribution in [2.75, 3.05) is 17.5 Å². The first-order chi connectivity index (χ1) is 17.1. The first-order valence-corrected chi connectivity index (χ1v) is 12.5. The molecule has 0 bridgehead atoms.